The van der Waals surface area contributed by atoms with Gasteiger partial charge in [-0.1, -0.05) is 12.8 Å². The number of pyridine rings is 1. The van der Waals surface area contributed by atoms with Crippen LogP contribution in [0, 0.1) is 17.6 Å². The standard InChI is InChI=1S/C20H22F2N4OS/c21-15-7-6-13(25-18(27)17-16(22)5-3-9-24-17)10-14(15)20-8-2-1-4-12(20)11-28-19(23)26-20/h3,5-7,9-10,12,19,26H,1-2,4,8,11,23H2,(H,25,27). The third-order valence-electron chi connectivity index (χ3n) is 5.63. The van der Waals surface area contributed by atoms with Crippen molar-refractivity contribution in [2.45, 2.75) is 36.7 Å². The highest BCUT2D eigenvalue weighted by Gasteiger charge is 2.47. The molecule has 0 bridgehead atoms. The summed E-state index contributed by atoms with van der Waals surface area (Å²) in [5.41, 5.74) is 5.93. The number of benzene rings is 1. The normalized spacial score (nSPS) is 27.1. The molecule has 4 rings (SSSR count). The molecule has 2 aromatic rings. The Hall–Kier alpha value is -2.03. The fourth-order valence-corrected chi connectivity index (χ4v) is 5.48. The topological polar surface area (TPSA) is 80.0 Å². The predicted octanol–water partition coefficient (Wildman–Crippen LogP) is 3.58. The maximum absolute atomic E-state index is 14.9. The maximum Gasteiger partial charge on any atom is 0.277 e. The number of carbonyl (C=O) groups is 1. The fourth-order valence-electron chi connectivity index (χ4n) is 4.30. The Morgan fingerprint density at radius 3 is 2.96 bits per heavy atom. The lowest BCUT2D eigenvalue weighted by Crippen LogP contribution is -2.60. The molecule has 1 aromatic carbocycles. The van der Waals surface area contributed by atoms with E-state index in [1.807, 2.05) is 0 Å². The van der Waals surface area contributed by atoms with Gasteiger partial charge in [0, 0.05) is 23.2 Å². The van der Waals surface area contributed by atoms with E-state index >= 15 is 0 Å². The van der Waals surface area contributed by atoms with E-state index in [2.05, 4.69) is 15.6 Å². The lowest BCUT2D eigenvalue weighted by Gasteiger charge is -2.50. The Labute approximate surface area is 166 Å². The Balaban J connectivity index is 1.67. The smallest absolute Gasteiger partial charge is 0.277 e. The van der Waals surface area contributed by atoms with Gasteiger partial charge in [0.1, 0.15) is 11.3 Å². The summed E-state index contributed by atoms with van der Waals surface area (Å²) in [6.07, 6.45) is 5.23. The monoisotopic (exact) mass is 404 g/mol. The van der Waals surface area contributed by atoms with E-state index < -0.39 is 17.3 Å². The van der Waals surface area contributed by atoms with E-state index in [1.54, 1.807) is 17.8 Å². The van der Waals surface area contributed by atoms with Crippen LogP contribution in [0.5, 0.6) is 0 Å². The molecule has 148 valence electrons. The second kappa shape index (κ2) is 7.77. The van der Waals surface area contributed by atoms with Crippen molar-refractivity contribution in [3.63, 3.8) is 0 Å². The first-order valence-corrected chi connectivity index (χ1v) is 10.4. The maximum atomic E-state index is 14.9. The number of amides is 1. The summed E-state index contributed by atoms with van der Waals surface area (Å²) in [6.45, 7) is 0. The van der Waals surface area contributed by atoms with Crippen molar-refractivity contribution in [1.29, 1.82) is 0 Å². The van der Waals surface area contributed by atoms with E-state index in [0.29, 0.717) is 11.3 Å². The van der Waals surface area contributed by atoms with Gasteiger partial charge in [-0.3, -0.25) is 10.1 Å². The summed E-state index contributed by atoms with van der Waals surface area (Å²) in [5.74, 6) is -0.578. The summed E-state index contributed by atoms with van der Waals surface area (Å²) in [5, 5.41) is 6.06. The molecule has 1 saturated heterocycles. The molecule has 0 spiro atoms. The van der Waals surface area contributed by atoms with Crippen LogP contribution in [0.4, 0.5) is 14.5 Å². The average Bonchev–Trinajstić information content (AvgIpc) is 2.69. The Morgan fingerprint density at radius 2 is 2.14 bits per heavy atom. The molecule has 4 N–H and O–H groups in total. The molecule has 1 amide bonds. The SMILES string of the molecule is NC1NC2(c3cc(NC(=O)c4ncccc4F)ccc3F)CCCCC2CS1. The molecule has 2 heterocycles. The number of fused-ring (bicyclic) bond motifs is 1. The van der Waals surface area contributed by atoms with Crippen LogP contribution in [0.1, 0.15) is 41.7 Å². The number of hydrogen-bond acceptors (Lipinski definition) is 5. The molecular weight excluding hydrogens is 382 g/mol. The van der Waals surface area contributed by atoms with E-state index in [4.69, 9.17) is 5.73 Å². The van der Waals surface area contributed by atoms with Gasteiger partial charge in [0.2, 0.25) is 0 Å². The zero-order valence-corrected chi connectivity index (χ0v) is 16.1. The highest BCUT2D eigenvalue weighted by Crippen LogP contribution is 2.47. The molecule has 0 radical (unpaired) electrons. The first-order chi connectivity index (χ1) is 13.5. The third-order valence-corrected chi connectivity index (χ3v) is 6.70. The molecule has 2 fully saturated rings. The number of nitrogens with one attached hydrogen (secondary N) is 2. The number of rotatable bonds is 3. The molecule has 3 unspecified atom stereocenters. The lowest BCUT2D eigenvalue weighted by atomic mass is 9.69. The van der Waals surface area contributed by atoms with Crippen molar-refractivity contribution >= 4 is 23.4 Å². The highest BCUT2D eigenvalue weighted by molar-refractivity contribution is 7.99. The molecule has 1 aromatic heterocycles. The van der Waals surface area contributed by atoms with Crippen LogP contribution in [0.3, 0.4) is 0 Å². The van der Waals surface area contributed by atoms with Crippen molar-refractivity contribution in [1.82, 2.24) is 10.3 Å². The number of halogens is 2. The van der Waals surface area contributed by atoms with Crippen LogP contribution >= 0.6 is 11.8 Å². The van der Waals surface area contributed by atoms with Crippen LogP contribution in [0.2, 0.25) is 0 Å². The van der Waals surface area contributed by atoms with Gasteiger partial charge in [-0.2, -0.15) is 0 Å². The van der Waals surface area contributed by atoms with Crippen LogP contribution < -0.4 is 16.4 Å². The summed E-state index contributed by atoms with van der Waals surface area (Å²) >= 11 is 1.64. The van der Waals surface area contributed by atoms with Crippen LogP contribution in [0.15, 0.2) is 36.5 Å². The summed E-state index contributed by atoms with van der Waals surface area (Å²) < 4.78 is 28.7. The van der Waals surface area contributed by atoms with Gasteiger partial charge in [0.15, 0.2) is 11.5 Å². The number of aromatic nitrogens is 1. The Kier molecular flexibility index (Phi) is 5.35. The summed E-state index contributed by atoms with van der Waals surface area (Å²) in [7, 11) is 0. The largest absolute Gasteiger partial charge is 0.321 e. The number of nitrogens with zero attached hydrogens (tertiary/aromatic N) is 1. The van der Waals surface area contributed by atoms with Gasteiger partial charge in [0.25, 0.3) is 5.91 Å². The quantitative estimate of drug-likeness (QED) is 0.729. The summed E-state index contributed by atoms with van der Waals surface area (Å²) in [6, 6.07) is 7.05. The average molecular weight is 404 g/mol. The Bertz CT molecular complexity index is 896. The fraction of sp³-hybridized carbons (Fsp3) is 0.400. The second-order valence-corrected chi connectivity index (χ2v) is 8.47. The van der Waals surface area contributed by atoms with Crippen LogP contribution in [-0.4, -0.2) is 22.1 Å². The summed E-state index contributed by atoms with van der Waals surface area (Å²) in [4.78, 5) is 16.2. The van der Waals surface area contributed by atoms with Gasteiger partial charge >= 0.3 is 0 Å². The Morgan fingerprint density at radius 1 is 1.29 bits per heavy atom. The molecule has 5 nitrogen and oxygen atoms in total. The van der Waals surface area contributed by atoms with Crippen molar-refractivity contribution in [3.05, 3.63) is 59.4 Å². The highest BCUT2D eigenvalue weighted by atomic mass is 32.2. The van der Waals surface area contributed by atoms with Gasteiger partial charge in [-0.25, -0.2) is 13.8 Å². The van der Waals surface area contributed by atoms with E-state index in [-0.39, 0.29) is 22.9 Å². The van der Waals surface area contributed by atoms with Crippen LogP contribution in [0.25, 0.3) is 0 Å². The molecule has 1 aliphatic heterocycles. The van der Waals surface area contributed by atoms with Crippen molar-refractivity contribution < 1.29 is 13.6 Å². The lowest BCUT2D eigenvalue weighted by molar-refractivity contribution is 0.101. The van der Waals surface area contributed by atoms with Gasteiger partial charge in [-0.05, 0) is 49.1 Å². The number of nitrogens with two attached hydrogens (primary N) is 1. The predicted molar refractivity (Wildman–Crippen MR) is 106 cm³/mol. The number of hydrogen-bond donors (Lipinski definition) is 3. The second-order valence-electron chi connectivity index (χ2n) is 7.29. The van der Waals surface area contributed by atoms with Gasteiger partial charge < -0.3 is 11.1 Å². The number of anilines is 1. The zero-order valence-electron chi connectivity index (χ0n) is 15.3. The van der Waals surface area contributed by atoms with E-state index in [1.165, 1.54) is 30.5 Å². The minimum atomic E-state index is -0.704. The van der Waals surface area contributed by atoms with E-state index in [9.17, 15) is 13.6 Å². The van der Waals surface area contributed by atoms with E-state index in [0.717, 1.165) is 31.4 Å². The third kappa shape index (κ3) is 3.52. The van der Waals surface area contributed by atoms with Crippen molar-refractivity contribution in [3.8, 4) is 0 Å². The first kappa shape index (κ1) is 19.3. The molecule has 3 atom stereocenters. The number of carbonyl (C=O) groups excluding carboxylic acids is 1. The van der Waals surface area contributed by atoms with Crippen molar-refractivity contribution in [2.75, 3.05) is 11.1 Å². The van der Waals surface area contributed by atoms with Crippen molar-refractivity contribution in [2.24, 2.45) is 11.7 Å². The molecule has 1 aliphatic carbocycles. The first-order valence-electron chi connectivity index (χ1n) is 9.36. The molecule has 8 heteroatoms. The van der Waals surface area contributed by atoms with Gasteiger partial charge in [0.05, 0.1) is 5.54 Å². The molecule has 28 heavy (non-hydrogen) atoms. The zero-order chi connectivity index (χ0) is 19.7. The minimum Gasteiger partial charge on any atom is -0.321 e. The molecule has 2 aliphatic rings. The van der Waals surface area contributed by atoms with Crippen LogP contribution in [-0.2, 0) is 5.54 Å². The molecular formula is C20H22F2N4OS. The minimum absolute atomic E-state index is 0.264. The molecule has 1 saturated carbocycles. The van der Waals surface area contributed by atoms with Gasteiger partial charge in [-0.15, -0.1) is 11.8 Å². The number of thioether (sulfide) groups is 1.